The van der Waals surface area contributed by atoms with Crippen molar-refractivity contribution in [3.05, 3.63) is 4.88 Å². The molecule has 0 bridgehead atoms. The van der Waals surface area contributed by atoms with E-state index in [9.17, 15) is 9.59 Å². The molecule has 1 heterocycles. The highest BCUT2D eigenvalue weighted by molar-refractivity contribution is 7.18. The van der Waals surface area contributed by atoms with Crippen LogP contribution >= 0.6 is 11.3 Å². The van der Waals surface area contributed by atoms with Crippen LogP contribution in [0.2, 0.25) is 0 Å². The monoisotopic (exact) mass is 313 g/mol. The number of hydrogen-bond acceptors (Lipinski definition) is 6. The Morgan fingerprint density at radius 3 is 2.62 bits per heavy atom. The van der Waals surface area contributed by atoms with Crippen molar-refractivity contribution in [1.82, 2.24) is 15.6 Å². The summed E-state index contributed by atoms with van der Waals surface area (Å²) in [5.41, 5.74) is 5.07. The summed E-state index contributed by atoms with van der Waals surface area (Å²) in [5, 5.41) is 9.02. The second kappa shape index (κ2) is 7.26. The summed E-state index contributed by atoms with van der Waals surface area (Å²) in [5.74, 6) is -0.245. The van der Waals surface area contributed by atoms with E-state index in [0.29, 0.717) is 10.0 Å². The number of nitrogens with two attached hydrogens (primary N) is 1. The Balaban J connectivity index is 2.68. The van der Waals surface area contributed by atoms with E-state index in [1.54, 1.807) is 20.9 Å². The zero-order chi connectivity index (χ0) is 16.0. The van der Waals surface area contributed by atoms with Gasteiger partial charge in [-0.15, -0.1) is 0 Å². The Labute approximate surface area is 128 Å². The number of nitrogens with zero attached hydrogens (tertiary/aromatic N) is 1. The number of nitrogen functional groups attached to an aromatic ring is 1. The largest absolute Gasteiger partial charge is 0.382 e. The van der Waals surface area contributed by atoms with Gasteiger partial charge in [-0.2, -0.15) is 0 Å². The Bertz CT molecular complexity index is 513. The topological polar surface area (TPSA) is 109 Å². The minimum Gasteiger partial charge on any atom is -0.382 e. The molecule has 0 aliphatic rings. The van der Waals surface area contributed by atoms with E-state index in [1.165, 1.54) is 11.3 Å². The fraction of sp³-hybridized carbons (Fsp3) is 0.615. The minimum absolute atomic E-state index is 0.134. The van der Waals surface area contributed by atoms with Crippen LogP contribution in [0, 0.1) is 5.41 Å². The smallest absolute Gasteiger partial charge is 0.265 e. The number of aromatic nitrogens is 1. The van der Waals surface area contributed by atoms with E-state index in [0.717, 1.165) is 13.0 Å². The van der Waals surface area contributed by atoms with Crippen molar-refractivity contribution in [3.63, 3.8) is 0 Å². The molecule has 1 aromatic heterocycles. The van der Waals surface area contributed by atoms with Crippen LogP contribution in [-0.2, 0) is 4.79 Å². The van der Waals surface area contributed by atoms with E-state index in [2.05, 4.69) is 20.9 Å². The summed E-state index contributed by atoms with van der Waals surface area (Å²) in [6, 6.07) is 0. The van der Waals surface area contributed by atoms with Gasteiger partial charge < -0.3 is 21.7 Å². The van der Waals surface area contributed by atoms with Gasteiger partial charge in [-0.3, -0.25) is 9.59 Å². The summed E-state index contributed by atoms with van der Waals surface area (Å²) < 4.78 is 0. The van der Waals surface area contributed by atoms with Crippen LogP contribution < -0.4 is 21.7 Å². The molecule has 0 aliphatic carbocycles. The highest BCUT2D eigenvalue weighted by atomic mass is 32.1. The first-order valence-corrected chi connectivity index (χ1v) is 7.64. The lowest BCUT2D eigenvalue weighted by Gasteiger charge is -2.22. The Morgan fingerprint density at radius 1 is 1.38 bits per heavy atom. The lowest BCUT2D eigenvalue weighted by Crippen LogP contribution is -2.43. The number of amides is 2. The van der Waals surface area contributed by atoms with Crippen LogP contribution in [0.25, 0.3) is 0 Å². The van der Waals surface area contributed by atoms with Gasteiger partial charge in [-0.1, -0.05) is 18.3 Å². The summed E-state index contributed by atoms with van der Waals surface area (Å²) in [7, 11) is 1.57. The number of carbonyl (C=O) groups excluding carboxylic acids is 2. The van der Waals surface area contributed by atoms with Crippen molar-refractivity contribution in [2.45, 2.75) is 27.2 Å². The van der Waals surface area contributed by atoms with Crippen molar-refractivity contribution in [3.8, 4) is 0 Å². The van der Waals surface area contributed by atoms with E-state index in [4.69, 9.17) is 5.73 Å². The van der Waals surface area contributed by atoms with Gasteiger partial charge in [0.25, 0.3) is 5.91 Å². The van der Waals surface area contributed by atoms with E-state index in [1.807, 2.05) is 6.92 Å². The van der Waals surface area contributed by atoms with Crippen molar-refractivity contribution < 1.29 is 9.59 Å². The van der Waals surface area contributed by atoms with Crippen LogP contribution in [0.15, 0.2) is 0 Å². The molecule has 7 nitrogen and oxygen atoms in total. The maximum absolute atomic E-state index is 12.1. The maximum atomic E-state index is 12.1. The van der Waals surface area contributed by atoms with Crippen molar-refractivity contribution >= 4 is 34.1 Å². The average molecular weight is 313 g/mol. The fourth-order valence-electron chi connectivity index (χ4n) is 1.60. The molecule has 0 aliphatic heterocycles. The highest BCUT2D eigenvalue weighted by Gasteiger charge is 2.28. The van der Waals surface area contributed by atoms with Crippen LogP contribution in [0.3, 0.4) is 0 Å². The SMILES string of the molecule is CCCNc1nc(N)c(C(=O)NCC(C)(C)C(=O)NC)s1. The molecule has 5 N–H and O–H groups in total. The molecule has 0 radical (unpaired) electrons. The van der Waals surface area contributed by atoms with E-state index in [-0.39, 0.29) is 24.2 Å². The lowest BCUT2D eigenvalue weighted by atomic mass is 9.92. The molecule has 0 saturated heterocycles. The second-order valence-corrected chi connectivity index (χ2v) is 6.30. The van der Waals surface area contributed by atoms with Crippen LogP contribution in [0.4, 0.5) is 10.9 Å². The number of rotatable bonds is 7. The number of hydrogen-bond donors (Lipinski definition) is 4. The molecule has 0 aromatic carbocycles. The maximum Gasteiger partial charge on any atom is 0.265 e. The van der Waals surface area contributed by atoms with Crippen molar-refractivity contribution in [2.75, 3.05) is 31.2 Å². The van der Waals surface area contributed by atoms with Gasteiger partial charge in [-0.25, -0.2) is 4.98 Å². The van der Waals surface area contributed by atoms with E-state index < -0.39 is 5.41 Å². The molecule has 21 heavy (non-hydrogen) atoms. The number of carbonyl (C=O) groups is 2. The molecule has 1 rings (SSSR count). The minimum atomic E-state index is -0.687. The third-order valence-corrected chi connectivity index (χ3v) is 3.95. The van der Waals surface area contributed by atoms with E-state index >= 15 is 0 Å². The molecular weight excluding hydrogens is 290 g/mol. The normalized spacial score (nSPS) is 11.0. The fourth-order valence-corrected chi connectivity index (χ4v) is 2.43. The van der Waals surface area contributed by atoms with Crippen molar-refractivity contribution in [1.29, 1.82) is 0 Å². The predicted molar refractivity (Wildman–Crippen MR) is 85.5 cm³/mol. The lowest BCUT2D eigenvalue weighted by molar-refractivity contribution is -0.128. The van der Waals surface area contributed by atoms with Gasteiger partial charge in [0.2, 0.25) is 5.91 Å². The quantitative estimate of drug-likeness (QED) is 0.601. The summed E-state index contributed by atoms with van der Waals surface area (Å²) in [4.78, 5) is 28.3. The Morgan fingerprint density at radius 2 is 2.05 bits per heavy atom. The van der Waals surface area contributed by atoms with Gasteiger partial charge in [0.1, 0.15) is 10.7 Å². The molecule has 0 fully saturated rings. The highest BCUT2D eigenvalue weighted by Crippen LogP contribution is 2.25. The number of nitrogens with one attached hydrogen (secondary N) is 3. The third kappa shape index (κ3) is 4.59. The predicted octanol–water partition coefficient (Wildman–Crippen LogP) is 1.05. The number of thiazole rings is 1. The van der Waals surface area contributed by atoms with Gasteiger partial charge in [0.05, 0.1) is 5.41 Å². The first kappa shape index (κ1) is 17.2. The van der Waals surface area contributed by atoms with Gasteiger partial charge >= 0.3 is 0 Å². The average Bonchev–Trinajstić information content (AvgIpc) is 2.82. The molecule has 0 spiro atoms. The molecule has 1 aromatic rings. The second-order valence-electron chi connectivity index (χ2n) is 5.31. The van der Waals surface area contributed by atoms with Crippen LogP contribution in [0.5, 0.6) is 0 Å². The van der Waals surface area contributed by atoms with Gasteiger partial charge in [0, 0.05) is 20.1 Å². The first-order chi connectivity index (χ1) is 9.81. The molecule has 2 amide bonds. The zero-order valence-electron chi connectivity index (χ0n) is 12.9. The Kier molecular flexibility index (Phi) is 5.95. The van der Waals surface area contributed by atoms with Gasteiger partial charge in [0.15, 0.2) is 5.13 Å². The van der Waals surface area contributed by atoms with Gasteiger partial charge in [-0.05, 0) is 20.3 Å². The molecular formula is C13H23N5O2S. The summed E-state index contributed by atoms with van der Waals surface area (Å²) in [6.45, 7) is 6.56. The third-order valence-electron chi connectivity index (χ3n) is 2.92. The molecule has 0 unspecified atom stereocenters. The Hall–Kier alpha value is -1.83. The van der Waals surface area contributed by atoms with Crippen molar-refractivity contribution in [2.24, 2.45) is 5.41 Å². The number of anilines is 2. The molecule has 0 saturated carbocycles. The zero-order valence-corrected chi connectivity index (χ0v) is 13.7. The molecule has 118 valence electrons. The molecule has 0 atom stereocenters. The standard InChI is InChI=1S/C13H23N5O2S/c1-5-6-16-12-18-9(14)8(21-12)10(19)17-7-13(2,3)11(20)15-4/h5-7,14H2,1-4H3,(H,15,20)(H,16,18)(H,17,19). The van der Waals surface area contributed by atoms with Crippen LogP contribution in [-0.4, -0.2) is 36.9 Å². The van der Waals surface area contributed by atoms with Crippen LogP contribution in [0.1, 0.15) is 36.9 Å². The molecule has 8 heteroatoms. The summed E-state index contributed by atoms with van der Waals surface area (Å²) in [6.07, 6.45) is 0.960. The first-order valence-electron chi connectivity index (χ1n) is 6.82. The summed E-state index contributed by atoms with van der Waals surface area (Å²) >= 11 is 1.21.